The van der Waals surface area contributed by atoms with Crippen LogP contribution in [0.2, 0.25) is 0 Å². The molecule has 0 aliphatic heterocycles. The number of aryl methyl sites for hydroxylation is 1. The average molecular weight is 291 g/mol. The number of tetrazole rings is 1. The molecule has 1 saturated carbocycles. The zero-order valence-electron chi connectivity index (χ0n) is 11.3. The quantitative estimate of drug-likeness (QED) is 0.882. The van der Waals surface area contributed by atoms with Crippen LogP contribution in [0.1, 0.15) is 49.0 Å². The molecule has 1 atom stereocenters. The third kappa shape index (κ3) is 3.04. The van der Waals surface area contributed by atoms with Gasteiger partial charge in [0.1, 0.15) is 0 Å². The number of carbonyl (C=O) groups excluding carboxylic acids is 1. The maximum atomic E-state index is 12.0. The smallest absolute Gasteiger partial charge is 0.220 e. The number of rotatable bonds is 6. The second-order valence-corrected chi connectivity index (χ2v) is 6.11. The summed E-state index contributed by atoms with van der Waals surface area (Å²) in [7, 11) is 0. The summed E-state index contributed by atoms with van der Waals surface area (Å²) in [5, 5.41) is 16.7. The van der Waals surface area contributed by atoms with Crippen molar-refractivity contribution in [1.29, 1.82) is 0 Å². The fraction of sp³-hybridized carbons (Fsp3) is 0.538. The molecule has 7 heteroatoms. The normalized spacial score (nSPS) is 16.1. The van der Waals surface area contributed by atoms with Gasteiger partial charge in [0.25, 0.3) is 0 Å². The molecular weight excluding hydrogens is 274 g/mol. The van der Waals surface area contributed by atoms with Gasteiger partial charge in [0.15, 0.2) is 5.82 Å². The van der Waals surface area contributed by atoms with Gasteiger partial charge in [0.05, 0.1) is 12.1 Å². The van der Waals surface area contributed by atoms with E-state index in [1.165, 1.54) is 4.88 Å². The molecule has 0 bridgehead atoms. The van der Waals surface area contributed by atoms with Crippen LogP contribution in [0.15, 0.2) is 17.5 Å². The SMILES string of the molecule is CC(NC(=O)CCc1cccs1)c1nnnn1C1CC1. The van der Waals surface area contributed by atoms with Crippen LogP contribution >= 0.6 is 11.3 Å². The Morgan fingerprint density at radius 3 is 3.15 bits per heavy atom. The number of nitrogens with zero attached hydrogens (tertiary/aromatic N) is 4. The molecule has 0 saturated heterocycles. The van der Waals surface area contributed by atoms with Crippen molar-refractivity contribution in [2.24, 2.45) is 0 Å². The maximum Gasteiger partial charge on any atom is 0.220 e. The van der Waals surface area contributed by atoms with E-state index in [4.69, 9.17) is 0 Å². The van der Waals surface area contributed by atoms with Crippen LogP contribution in [-0.4, -0.2) is 26.1 Å². The Hall–Kier alpha value is -1.76. The Bertz CT molecular complexity index is 575. The summed E-state index contributed by atoms with van der Waals surface area (Å²) in [4.78, 5) is 13.2. The Morgan fingerprint density at radius 1 is 1.60 bits per heavy atom. The lowest BCUT2D eigenvalue weighted by molar-refractivity contribution is -0.121. The molecule has 3 rings (SSSR count). The average Bonchev–Trinajstić information content (AvgIpc) is 2.95. The first kappa shape index (κ1) is 13.2. The highest BCUT2D eigenvalue weighted by Crippen LogP contribution is 2.35. The highest BCUT2D eigenvalue weighted by molar-refractivity contribution is 7.09. The molecule has 1 aliphatic rings. The summed E-state index contributed by atoms with van der Waals surface area (Å²) in [5.41, 5.74) is 0. The Labute approximate surface area is 121 Å². The van der Waals surface area contributed by atoms with Gasteiger partial charge in [0.2, 0.25) is 5.91 Å². The molecule has 2 aromatic rings. The van der Waals surface area contributed by atoms with E-state index in [1.807, 2.05) is 23.1 Å². The van der Waals surface area contributed by atoms with Crippen molar-refractivity contribution in [3.8, 4) is 0 Å². The van der Waals surface area contributed by atoms with E-state index >= 15 is 0 Å². The molecule has 0 radical (unpaired) electrons. The first-order valence-electron chi connectivity index (χ1n) is 6.83. The van der Waals surface area contributed by atoms with E-state index in [-0.39, 0.29) is 11.9 Å². The van der Waals surface area contributed by atoms with Crippen molar-refractivity contribution in [1.82, 2.24) is 25.5 Å². The van der Waals surface area contributed by atoms with Crippen molar-refractivity contribution >= 4 is 17.2 Å². The number of aromatic nitrogens is 4. The van der Waals surface area contributed by atoms with Gasteiger partial charge in [0, 0.05) is 11.3 Å². The molecule has 1 aliphatic carbocycles. The van der Waals surface area contributed by atoms with Gasteiger partial charge in [-0.2, -0.15) is 0 Å². The van der Waals surface area contributed by atoms with E-state index < -0.39 is 0 Å². The molecule has 2 heterocycles. The molecule has 0 aromatic carbocycles. The van der Waals surface area contributed by atoms with Crippen LogP contribution in [0.4, 0.5) is 0 Å². The molecule has 1 fully saturated rings. The number of nitrogens with one attached hydrogen (secondary N) is 1. The van der Waals surface area contributed by atoms with Crippen LogP contribution in [0.3, 0.4) is 0 Å². The zero-order chi connectivity index (χ0) is 13.9. The zero-order valence-corrected chi connectivity index (χ0v) is 12.1. The highest BCUT2D eigenvalue weighted by Gasteiger charge is 2.29. The second-order valence-electron chi connectivity index (χ2n) is 5.08. The number of hydrogen-bond acceptors (Lipinski definition) is 5. The highest BCUT2D eigenvalue weighted by atomic mass is 32.1. The molecule has 2 aromatic heterocycles. The van der Waals surface area contributed by atoms with Crippen molar-refractivity contribution in [3.05, 3.63) is 28.2 Å². The van der Waals surface area contributed by atoms with Crippen molar-refractivity contribution in [2.75, 3.05) is 0 Å². The van der Waals surface area contributed by atoms with E-state index in [0.717, 1.165) is 25.1 Å². The monoisotopic (exact) mass is 291 g/mol. The topological polar surface area (TPSA) is 72.7 Å². The molecule has 1 unspecified atom stereocenters. The first-order chi connectivity index (χ1) is 9.74. The van der Waals surface area contributed by atoms with E-state index in [1.54, 1.807) is 11.3 Å². The molecule has 106 valence electrons. The Kier molecular flexibility index (Phi) is 3.77. The fourth-order valence-corrected chi connectivity index (χ4v) is 2.84. The fourth-order valence-electron chi connectivity index (χ4n) is 2.13. The maximum absolute atomic E-state index is 12.0. The number of amides is 1. The van der Waals surface area contributed by atoms with Crippen LogP contribution in [0.25, 0.3) is 0 Å². The van der Waals surface area contributed by atoms with Crippen molar-refractivity contribution in [3.63, 3.8) is 0 Å². The molecule has 6 nitrogen and oxygen atoms in total. The molecule has 20 heavy (non-hydrogen) atoms. The van der Waals surface area contributed by atoms with E-state index in [2.05, 4.69) is 26.9 Å². The Balaban J connectivity index is 1.53. The summed E-state index contributed by atoms with van der Waals surface area (Å²) in [5.74, 6) is 0.785. The third-order valence-corrected chi connectivity index (χ3v) is 4.29. The van der Waals surface area contributed by atoms with Crippen LogP contribution in [0, 0.1) is 0 Å². The van der Waals surface area contributed by atoms with Gasteiger partial charge in [-0.25, -0.2) is 4.68 Å². The van der Waals surface area contributed by atoms with Gasteiger partial charge in [-0.05, 0) is 48.1 Å². The predicted molar refractivity (Wildman–Crippen MR) is 75.3 cm³/mol. The number of carbonyl (C=O) groups is 1. The summed E-state index contributed by atoms with van der Waals surface area (Å²) in [6.07, 6.45) is 3.52. The summed E-state index contributed by atoms with van der Waals surface area (Å²) < 4.78 is 1.84. The molecule has 1 amide bonds. The minimum Gasteiger partial charge on any atom is -0.346 e. The summed E-state index contributed by atoms with van der Waals surface area (Å²) in [6.45, 7) is 1.92. The summed E-state index contributed by atoms with van der Waals surface area (Å²) in [6, 6.07) is 4.33. The minimum atomic E-state index is -0.151. The number of hydrogen-bond donors (Lipinski definition) is 1. The minimum absolute atomic E-state index is 0.0382. The number of thiophene rings is 1. The summed E-state index contributed by atoms with van der Waals surface area (Å²) >= 11 is 1.68. The van der Waals surface area contributed by atoms with Crippen molar-refractivity contribution in [2.45, 2.75) is 44.7 Å². The Morgan fingerprint density at radius 2 is 2.45 bits per heavy atom. The molecule has 1 N–H and O–H groups in total. The predicted octanol–water partition coefficient (Wildman–Crippen LogP) is 1.88. The van der Waals surface area contributed by atoms with Gasteiger partial charge in [-0.1, -0.05) is 6.07 Å². The van der Waals surface area contributed by atoms with Crippen LogP contribution in [0.5, 0.6) is 0 Å². The lowest BCUT2D eigenvalue weighted by atomic mass is 10.2. The van der Waals surface area contributed by atoms with E-state index in [9.17, 15) is 4.79 Å². The second kappa shape index (κ2) is 5.70. The van der Waals surface area contributed by atoms with Gasteiger partial charge in [-0.3, -0.25) is 4.79 Å². The van der Waals surface area contributed by atoms with Gasteiger partial charge < -0.3 is 5.32 Å². The standard InChI is InChI=1S/C13H17N5OS/c1-9(13-15-16-17-18(13)10-4-5-10)14-12(19)7-6-11-3-2-8-20-11/h2-3,8-10H,4-7H2,1H3,(H,14,19). The first-order valence-corrected chi connectivity index (χ1v) is 7.71. The van der Waals surface area contributed by atoms with Crippen LogP contribution in [-0.2, 0) is 11.2 Å². The third-order valence-electron chi connectivity index (χ3n) is 3.35. The van der Waals surface area contributed by atoms with Gasteiger partial charge >= 0.3 is 0 Å². The lowest BCUT2D eigenvalue weighted by Crippen LogP contribution is -2.29. The molecule has 0 spiro atoms. The van der Waals surface area contributed by atoms with Gasteiger partial charge in [-0.15, -0.1) is 16.4 Å². The van der Waals surface area contributed by atoms with Crippen molar-refractivity contribution < 1.29 is 4.79 Å². The van der Waals surface area contributed by atoms with E-state index in [0.29, 0.717) is 12.5 Å². The largest absolute Gasteiger partial charge is 0.346 e. The van der Waals surface area contributed by atoms with Crippen LogP contribution < -0.4 is 5.32 Å². The lowest BCUT2D eigenvalue weighted by Gasteiger charge is -2.13. The molecular formula is C13H17N5OS.